The van der Waals surface area contributed by atoms with Gasteiger partial charge in [0.2, 0.25) is 5.91 Å². The van der Waals surface area contributed by atoms with Crippen molar-refractivity contribution in [2.24, 2.45) is 5.10 Å². The zero-order valence-corrected chi connectivity index (χ0v) is 18.6. The van der Waals surface area contributed by atoms with Crippen LogP contribution in [0.2, 0.25) is 0 Å². The normalized spacial score (nSPS) is 11.2. The van der Waals surface area contributed by atoms with Crippen LogP contribution >= 0.6 is 0 Å². The van der Waals surface area contributed by atoms with Crippen molar-refractivity contribution >= 4 is 23.2 Å². The number of nitrogens with one attached hydrogen (secondary N) is 2. The number of carbonyl (C=O) groups is 2. The summed E-state index contributed by atoms with van der Waals surface area (Å²) in [4.78, 5) is 27.3. The Morgan fingerprint density at radius 3 is 1.88 bits per heavy atom. The molecule has 3 aromatic carbocycles. The number of rotatable bonds is 8. The number of amides is 2. The Morgan fingerprint density at radius 1 is 0.844 bits per heavy atom. The van der Waals surface area contributed by atoms with E-state index in [1.165, 1.54) is 0 Å². The molecule has 0 radical (unpaired) electrons. The van der Waals surface area contributed by atoms with Crippen molar-refractivity contribution in [2.45, 2.75) is 12.8 Å². The summed E-state index contributed by atoms with van der Waals surface area (Å²) in [6, 6.07) is 26.9. The zero-order chi connectivity index (χ0) is 22.9. The molecule has 2 N–H and O–H groups in total. The Labute approximate surface area is 189 Å². The van der Waals surface area contributed by atoms with Gasteiger partial charge in [0.25, 0.3) is 5.91 Å². The van der Waals surface area contributed by atoms with Crippen molar-refractivity contribution in [1.29, 1.82) is 0 Å². The van der Waals surface area contributed by atoms with Gasteiger partial charge >= 0.3 is 0 Å². The molecule has 0 saturated heterocycles. The van der Waals surface area contributed by atoms with Crippen LogP contribution in [0, 0.1) is 0 Å². The van der Waals surface area contributed by atoms with Gasteiger partial charge in [-0.2, -0.15) is 5.10 Å². The average Bonchev–Trinajstić information content (AvgIpc) is 2.82. The predicted molar refractivity (Wildman–Crippen MR) is 129 cm³/mol. The fourth-order valence-electron chi connectivity index (χ4n) is 3.31. The van der Waals surface area contributed by atoms with Gasteiger partial charge < -0.3 is 10.2 Å². The molecule has 0 aliphatic rings. The Kier molecular flexibility index (Phi) is 7.75. The smallest absolute Gasteiger partial charge is 0.259 e. The summed E-state index contributed by atoms with van der Waals surface area (Å²) in [7, 11) is 3.95. The van der Waals surface area contributed by atoms with E-state index in [1.54, 1.807) is 0 Å². The highest BCUT2D eigenvalue weighted by molar-refractivity contribution is 5.99. The highest BCUT2D eigenvalue weighted by Crippen LogP contribution is 2.24. The lowest BCUT2D eigenvalue weighted by atomic mass is 9.90. The highest BCUT2D eigenvalue weighted by Gasteiger charge is 2.22. The summed E-state index contributed by atoms with van der Waals surface area (Å²) in [5.41, 5.74) is 6.93. The number of carbonyl (C=O) groups excluding carboxylic acids is 2. The van der Waals surface area contributed by atoms with Crippen LogP contribution in [0.3, 0.4) is 0 Å². The Morgan fingerprint density at radius 2 is 1.38 bits per heavy atom. The van der Waals surface area contributed by atoms with E-state index in [0.717, 1.165) is 22.4 Å². The molecule has 0 saturated carbocycles. The van der Waals surface area contributed by atoms with Gasteiger partial charge in [-0.3, -0.25) is 9.59 Å². The molecule has 2 amide bonds. The molecular weight excluding hydrogens is 400 g/mol. The lowest BCUT2D eigenvalue weighted by Gasteiger charge is -2.17. The first-order valence-electron chi connectivity index (χ1n) is 10.4. The van der Waals surface area contributed by atoms with Crippen molar-refractivity contribution in [3.05, 3.63) is 102 Å². The average molecular weight is 429 g/mol. The number of benzene rings is 3. The third kappa shape index (κ3) is 6.04. The van der Waals surface area contributed by atoms with Crippen LogP contribution < -0.4 is 15.6 Å². The summed E-state index contributed by atoms with van der Waals surface area (Å²) in [6.07, 6.45) is 0. The summed E-state index contributed by atoms with van der Waals surface area (Å²) in [6.45, 7) is 1.66. The molecule has 0 spiro atoms. The van der Waals surface area contributed by atoms with E-state index in [2.05, 4.69) is 15.8 Å². The van der Waals surface area contributed by atoms with Gasteiger partial charge in [0.05, 0.1) is 18.2 Å². The topological polar surface area (TPSA) is 73.8 Å². The van der Waals surface area contributed by atoms with Gasteiger partial charge in [0, 0.05) is 19.8 Å². The second kappa shape index (κ2) is 10.9. The van der Waals surface area contributed by atoms with E-state index < -0.39 is 5.92 Å². The van der Waals surface area contributed by atoms with Crippen LogP contribution in [0.4, 0.5) is 5.69 Å². The Hall–Kier alpha value is -3.93. The van der Waals surface area contributed by atoms with Crippen molar-refractivity contribution in [3.8, 4) is 0 Å². The maximum Gasteiger partial charge on any atom is 0.259 e. The predicted octanol–water partition coefficient (Wildman–Crippen LogP) is 3.54. The molecular formula is C26H28N4O2. The lowest BCUT2D eigenvalue weighted by Crippen LogP contribution is -2.38. The largest absolute Gasteiger partial charge is 0.378 e. The quantitative estimate of drug-likeness (QED) is 0.426. The fraction of sp³-hybridized carbons (Fsp3) is 0.192. The second-order valence-corrected chi connectivity index (χ2v) is 7.65. The molecule has 6 heteroatoms. The zero-order valence-electron chi connectivity index (χ0n) is 18.6. The molecule has 3 rings (SSSR count). The maximum atomic E-state index is 13.0. The summed E-state index contributed by atoms with van der Waals surface area (Å²) >= 11 is 0. The SMILES string of the molecule is CC(=NNC(=O)CNC(=O)C(c1ccccc1)c1ccccc1)c1ccc(N(C)C)cc1. The molecule has 164 valence electrons. The molecule has 0 bridgehead atoms. The van der Waals surface area contributed by atoms with Crippen LogP contribution in [0.1, 0.15) is 29.5 Å². The van der Waals surface area contributed by atoms with Crippen LogP contribution in [0.5, 0.6) is 0 Å². The molecule has 0 aliphatic heterocycles. The van der Waals surface area contributed by atoms with E-state index in [1.807, 2.05) is 111 Å². The van der Waals surface area contributed by atoms with Crippen molar-refractivity contribution in [2.75, 3.05) is 25.5 Å². The Balaban J connectivity index is 1.61. The van der Waals surface area contributed by atoms with Gasteiger partial charge in [-0.25, -0.2) is 5.43 Å². The van der Waals surface area contributed by atoms with Gasteiger partial charge in [0.15, 0.2) is 0 Å². The first-order chi connectivity index (χ1) is 15.5. The van der Waals surface area contributed by atoms with Gasteiger partial charge in [-0.05, 0) is 35.7 Å². The second-order valence-electron chi connectivity index (χ2n) is 7.65. The molecule has 6 nitrogen and oxygen atoms in total. The van der Waals surface area contributed by atoms with Crippen LogP contribution in [0.25, 0.3) is 0 Å². The number of anilines is 1. The van der Waals surface area contributed by atoms with Crippen molar-refractivity contribution < 1.29 is 9.59 Å². The van der Waals surface area contributed by atoms with Gasteiger partial charge in [0.1, 0.15) is 0 Å². The maximum absolute atomic E-state index is 13.0. The lowest BCUT2D eigenvalue weighted by molar-refractivity contribution is -0.126. The minimum absolute atomic E-state index is 0.161. The molecule has 0 aliphatic carbocycles. The first kappa shape index (κ1) is 22.7. The van der Waals surface area contributed by atoms with E-state index in [-0.39, 0.29) is 18.4 Å². The molecule has 32 heavy (non-hydrogen) atoms. The molecule has 0 fully saturated rings. The fourth-order valence-corrected chi connectivity index (χ4v) is 3.31. The number of hydrogen-bond donors (Lipinski definition) is 2. The summed E-state index contributed by atoms with van der Waals surface area (Å²) in [5, 5.41) is 6.90. The molecule has 3 aromatic rings. The molecule has 0 aromatic heterocycles. The highest BCUT2D eigenvalue weighted by atomic mass is 16.2. The molecule has 0 atom stereocenters. The molecule has 0 heterocycles. The van der Waals surface area contributed by atoms with Gasteiger partial charge in [-0.15, -0.1) is 0 Å². The number of nitrogens with zero attached hydrogens (tertiary/aromatic N) is 2. The van der Waals surface area contributed by atoms with Gasteiger partial charge in [-0.1, -0.05) is 72.8 Å². The third-order valence-electron chi connectivity index (χ3n) is 5.10. The standard InChI is InChI=1S/C26H28N4O2/c1-19(20-14-16-23(17-15-20)30(2)3)28-29-24(31)18-27-26(32)25(21-10-6-4-7-11-21)22-12-8-5-9-13-22/h4-17,25H,18H2,1-3H3,(H,27,32)(H,29,31). The summed E-state index contributed by atoms with van der Waals surface area (Å²) < 4.78 is 0. The van der Waals surface area contributed by atoms with Crippen molar-refractivity contribution in [3.63, 3.8) is 0 Å². The minimum Gasteiger partial charge on any atom is -0.378 e. The third-order valence-corrected chi connectivity index (χ3v) is 5.10. The van der Waals surface area contributed by atoms with E-state index in [0.29, 0.717) is 5.71 Å². The number of hydrazone groups is 1. The van der Waals surface area contributed by atoms with Crippen LogP contribution in [-0.2, 0) is 9.59 Å². The minimum atomic E-state index is -0.495. The Bertz CT molecular complexity index is 1020. The van der Waals surface area contributed by atoms with Crippen LogP contribution in [0.15, 0.2) is 90.0 Å². The number of hydrogen-bond acceptors (Lipinski definition) is 4. The first-order valence-corrected chi connectivity index (χ1v) is 10.4. The monoisotopic (exact) mass is 428 g/mol. The van der Waals surface area contributed by atoms with E-state index in [4.69, 9.17) is 0 Å². The van der Waals surface area contributed by atoms with E-state index in [9.17, 15) is 9.59 Å². The van der Waals surface area contributed by atoms with Crippen molar-refractivity contribution in [1.82, 2.24) is 10.7 Å². The molecule has 0 unspecified atom stereocenters. The van der Waals surface area contributed by atoms with E-state index >= 15 is 0 Å². The summed E-state index contributed by atoms with van der Waals surface area (Å²) in [5.74, 6) is -1.12. The van der Waals surface area contributed by atoms with Crippen LogP contribution in [-0.4, -0.2) is 38.2 Å².